The van der Waals surface area contributed by atoms with Crippen LogP contribution in [0.15, 0.2) is 48.5 Å². The van der Waals surface area contributed by atoms with Crippen molar-refractivity contribution in [3.8, 4) is 0 Å². The lowest BCUT2D eigenvalue weighted by Gasteiger charge is -2.32. The molecule has 8 heteroatoms. The molecule has 0 unspecified atom stereocenters. The summed E-state index contributed by atoms with van der Waals surface area (Å²) in [6.45, 7) is 9.17. The molecule has 2 amide bonds. The Hall–Kier alpha value is -2.87. The smallest absolute Gasteiger partial charge is 0.244 e. The Morgan fingerprint density at radius 3 is 2.26 bits per heavy atom. The predicted octanol–water partition coefficient (Wildman–Crippen LogP) is 3.44. The van der Waals surface area contributed by atoms with E-state index >= 15 is 0 Å². The molecule has 0 saturated heterocycles. The van der Waals surface area contributed by atoms with Crippen molar-refractivity contribution in [2.75, 3.05) is 23.7 Å². The van der Waals surface area contributed by atoms with Gasteiger partial charge in [-0.25, -0.2) is 8.42 Å². The first-order chi connectivity index (χ1) is 15.9. The summed E-state index contributed by atoms with van der Waals surface area (Å²) < 4.78 is 26.5. The second-order valence-electron chi connectivity index (χ2n) is 8.88. The molecule has 34 heavy (non-hydrogen) atoms. The average molecular weight is 488 g/mol. The molecule has 2 atom stereocenters. The molecule has 0 bridgehead atoms. The van der Waals surface area contributed by atoms with E-state index in [1.807, 2.05) is 70.2 Å². The third-order valence-corrected chi connectivity index (χ3v) is 7.09. The maximum atomic E-state index is 13.5. The maximum absolute atomic E-state index is 13.5. The Labute approximate surface area is 204 Å². The van der Waals surface area contributed by atoms with Crippen LogP contribution in [0.1, 0.15) is 43.9 Å². The van der Waals surface area contributed by atoms with E-state index in [4.69, 9.17) is 0 Å². The van der Waals surface area contributed by atoms with Crippen molar-refractivity contribution in [3.63, 3.8) is 0 Å². The topological polar surface area (TPSA) is 86.8 Å². The SMILES string of the molecule is CC[C@H](C)NC(=O)[C@@H](C)N(CCc1ccccc1)C(=O)CN(c1cc(C)ccc1C)S(C)(=O)=O. The minimum absolute atomic E-state index is 0.0245. The fourth-order valence-electron chi connectivity index (χ4n) is 3.62. The average Bonchev–Trinajstić information content (AvgIpc) is 2.79. The number of anilines is 1. The molecule has 0 saturated carbocycles. The number of hydrogen-bond donors (Lipinski definition) is 1. The molecule has 186 valence electrons. The number of aryl methyl sites for hydroxylation is 2. The molecular formula is C26H37N3O4S. The standard InChI is InChI=1S/C26H37N3O4S/c1-7-21(4)27-26(31)22(5)28(16-15-23-11-9-8-10-12-23)25(30)18-29(34(6,32)33)24-17-19(2)13-14-20(24)3/h8-14,17,21-22H,7,15-16,18H2,1-6H3,(H,27,31)/t21-,22+/m0/s1. The van der Waals surface area contributed by atoms with E-state index in [1.54, 1.807) is 13.0 Å². The summed E-state index contributed by atoms with van der Waals surface area (Å²) >= 11 is 0. The first-order valence-corrected chi connectivity index (χ1v) is 13.5. The van der Waals surface area contributed by atoms with E-state index < -0.39 is 22.0 Å². The highest BCUT2D eigenvalue weighted by Gasteiger charge is 2.30. The molecule has 2 aromatic carbocycles. The molecule has 2 aromatic rings. The van der Waals surface area contributed by atoms with Crippen molar-refractivity contribution < 1.29 is 18.0 Å². The van der Waals surface area contributed by atoms with Gasteiger partial charge in [0.05, 0.1) is 11.9 Å². The highest BCUT2D eigenvalue weighted by Crippen LogP contribution is 2.24. The van der Waals surface area contributed by atoms with Gasteiger partial charge in [0.25, 0.3) is 0 Å². The number of hydrogen-bond acceptors (Lipinski definition) is 4. The Kier molecular flexibility index (Phi) is 9.67. The van der Waals surface area contributed by atoms with Crippen LogP contribution in [0.2, 0.25) is 0 Å². The number of carbonyl (C=O) groups excluding carboxylic acids is 2. The summed E-state index contributed by atoms with van der Waals surface area (Å²) in [6, 6.07) is 14.4. The molecule has 0 aliphatic carbocycles. The minimum Gasteiger partial charge on any atom is -0.352 e. The van der Waals surface area contributed by atoms with Crippen LogP contribution in [0.5, 0.6) is 0 Å². The molecule has 0 fully saturated rings. The van der Waals surface area contributed by atoms with Crippen molar-refractivity contribution in [1.29, 1.82) is 0 Å². The maximum Gasteiger partial charge on any atom is 0.244 e. The zero-order chi connectivity index (χ0) is 25.5. The molecule has 0 aromatic heterocycles. The Morgan fingerprint density at radius 2 is 1.68 bits per heavy atom. The van der Waals surface area contributed by atoms with Crippen LogP contribution in [0.3, 0.4) is 0 Å². The lowest BCUT2D eigenvalue weighted by molar-refractivity contribution is -0.139. The van der Waals surface area contributed by atoms with Crippen molar-refractivity contribution in [2.24, 2.45) is 0 Å². The molecule has 0 heterocycles. The van der Waals surface area contributed by atoms with Crippen LogP contribution in [0.4, 0.5) is 5.69 Å². The highest BCUT2D eigenvalue weighted by atomic mass is 32.2. The summed E-state index contributed by atoms with van der Waals surface area (Å²) in [5, 5.41) is 2.93. The molecule has 0 spiro atoms. The molecule has 0 radical (unpaired) electrons. The molecule has 0 aliphatic heterocycles. The van der Waals surface area contributed by atoms with E-state index in [0.29, 0.717) is 18.7 Å². The Morgan fingerprint density at radius 1 is 1.03 bits per heavy atom. The third kappa shape index (κ3) is 7.58. The minimum atomic E-state index is -3.74. The zero-order valence-electron chi connectivity index (χ0n) is 21.0. The summed E-state index contributed by atoms with van der Waals surface area (Å²) in [6.07, 6.45) is 2.41. The summed E-state index contributed by atoms with van der Waals surface area (Å²) in [5.41, 5.74) is 3.14. The fourth-order valence-corrected chi connectivity index (χ4v) is 4.52. The number of amides is 2. The number of benzene rings is 2. The van der Waals surface area contributed by atoms with E-state index in [1.165, 1.54) is 4.90 Å². The van der Waals surface area contributed by atoms with Crippen molar-refractivity contribution >= 4 is 27.5 Å². The lowest BCUT2D eigenvalue weighted by Crippen LogP contribution is -2.53. The van der Waals surface area contributed by atoms with Gasteiger partial charge in [0.2, 0.25) is 21.8 Å². The lowest BCUT2D eigenvalue weighted by atomic mass is 10.1. The van der Waals surface area contributed by atoms with Crippen LogP contribution < -0.4 is 9.62 Å². The van der Waals surface area contributed by atoms with E-state index in [-0.39, 0.29) is 18.5 Å². The normalized spacial score (nSPS) is 13.1. The second-order valence-corrected chi connectivity index (χ2v) is 10.8. The number of sulfonamides is 1. The monoisotopic (exact) mass is 487 g/mol. The van der Waals surface area contributed by atoms with Gasteiger partial charge in [0.15, 0.2) is 0 Å². The van der Waals surface area contributed by atoms with Crippen molar-refractivity contribution in [1.82, 2.24) is 10.2 Å². The molecular weight excluding hydrogens is 450 g/mol. The summed E-state index contributed by atoms with van der Waals surface area (Å²) in [7, 11) is -3.74. The third-order valence-electron chi connectivity index (χ3n) is 5.97. The van der Waals surface area contributed by atoms with Crippen LogP contribution in [0.25, 0.3) is 0 Å². The number of carbonyl (C=O) groups is 2. The molecule has 2 rings (SSSR count). The number of nitrogens with one attached hydrogen (secondary N) is 1. The van der Waals surface area contributed by atoms with Crippen LogP contribution >= 0.6 is 0 Å². The van der Waals surface area contributed by atoms with Crippen LogP contribution in [-0.2, 0) is 26.0 Å². The quantitative estimate of drug-likeness (QED) is 0.526. The number of rotatable bonds is 11. The van der Waals surface area contributed by atoms with Crippen molar-refractivity contribution in [3.05, 3.63) is 65.2 Å². The largest absolute Gasteiger partial charge is 0.352 e. The van der Waals surface area contributed by atoms with Gasteiger partial charge in [-0.3, -0.25) is 13.9 Å². The van der Waals surface area contributed by atoms with Gasteiger partial charge in [-0.1, -0.05) is 49.4 Å². The fraction of sp³-hybridized carbons (Fsp3) is 0.462. The number of nitrogens with zero attached hydrogens (tertiary/aromatic N) is 2. The van der Waals surface area contributed by atoms with Gasteiger partial charge in [0, 0.05) is 12.6 Å². The van der Waals surface area contributed by atoms with Gasteiger partial charge in [-0.05, 0) is 63.3 Å². The van der Waals surface area contributed by atoms with Gasteiger partial charge >= 0.3 is 0 Å². The van der Waals surface area contributed by atoms with E-state index in [2.05, 4.69) is 5.32 Å². The Balaban J connectivity index is 2.35. The predicted molar refractivity (Wildman–Crippen MR) is 137 cm³/mol. The first kappa shape index (κ1) is 27.4. The highest BCUT2D eigenvalue weighted by molar-refractivity contribution is 7.92. The van der Waals surface area contributed by atoms with E-state index in [0.717, 1.165) is 33.7 Å². The van der Waals surface area contributed by atoms with Crippen LogP contribution in [0, 0.1) is 13.8 Å². The molecule has 7 nitrogen and oxygen atoms in total. The molecule has 1 N–H and O–H groups in total. The van der Waals surface area contributed by atoms with Gasteiger partial charge < -0.3 is 10.2 Å². The van der Waals surface area contributed by atoms with Gasteiger partial charge in [0.1, 0.15) is 12.6 Å². The summed E-state index contributed by atoms with van der Waals surface area (Å²) in [5.74, 6) is -0.678. The van der Waals surface area contributed by atoms with Crippen LogP contribution in [-0.4, -0.2) is 56.6 Å². The molecule has 0 aliphatic rings. The van der Waals surface area contributed by atoms with Gasteiger partial charge in [-0.2, -0.15) is 0 Å². The first-order valence-electron chi connectivity index (χ1n) is 11.6. The Bertz CT molecular complexity index is 1090. The van der Waals surface area contributed by atoms with Gasteiger partial charge in [-0.15, -0.1) is 0 Å². The van der Waals surface area contributed by atoms with E-state index in [9.17, 15) is 18.0 Å². The second kappa shape index (κ2) is 12.0. The van der Waals surface area contributed by atoms with Crippen molar-refractivity contribution in [2.45, 2.75) is 59.5 Å². The summed E-state index contributed by atoms with van der Waals surface area (Å²) in [4.78, 5) is 27.9. The zero-order valence-corrected chi connectivity index (χ0v) is 21.9.